The Balaban J connectivity index is 2.52. The molecule has 58 valence electrons. The smallest absolute Gasteiger partial charge is 0.0552 e. The van der Waals surface area contributed by atoms with E-state index in [0.29, 0.717) is 0 Å². The van der Waals surface area contributed by atoms with Crippen molar-refractivity contribution >= 4 is 5.69 Å². The van der Waals surface area contributed by atoms with Gasteiger partial charge in [0.25, 0.3) is 0 Å². The summed E-state index contributed by atoms with van der Waals surface area (Å²) in [6.45, 7) is 3.05. The third-order valence-corrected chi connectivity index (χ3v) is 2.17. The topological polar surface area (TPSA) is 29.3 Å². The van der Waals surface area contributed by atoms with Crippen molar-refractivity contribution in [3.8, 4) is 0 Å². The molecule has 0 amide bonds. The van der Waals surface area contributed by atoms with E-state index in [4.69, 9.17) is 5.84 Å². The maximum atomic E-state index is 5.75. The van der Waals surface area contributed by atoms with Gasteiger partial charge in [0.15, 0.2) is 0 Å². The van der Waals surface area contributed by atoms with Crippen LogP contribution in [0.25, 0.3) is 0 Å². The van der Waals surface area contributed by atoms with Gasteiger partial charge in [0.2, 0.25) is 0 Å². The molecule has 0 saturated carbocycles. The number of aryl methyl sites for hydroxylation is 1. The van der Waals surface area contributed by atoms with Gasteiger partial charge in [-0.2, -0.15) is 0 Å². The summed E-state index contributed by atoms with van der Waals surface area (Å²) in [7, 11) is 0. The van der Waals surface area contributed by atoms with E-state index in [9.17, 15) is 0 Å². The minimum atomic E-state index is 0.957. The number of rotatable bonds is 0. The van der Waals surface area contributed by atoms with Crippen LogP contribution in [0.1, 0.15) is 11.1 Å². The molecule has 0 bridgehead atoms. The van der Waals surface area contributed by atoms with Crippen molar-refractivity contribution in [3.63, 3.8) is 0 Å². The molecule has 2 rings (SSSR count). The van der Waals surface area contributed by atoms with E-state index >= 15 is 0 Å². The van der Waals surface area contributed by atoms with Gasteiger partial charge in [-0.05, 0) is 30.5 Å². The fraction of sp³-hybridized carbons (Fsp3) is 0.333. The van der Waals surface area contributed by atoms with Crippen LogP contribution in [-0.2, 0) is 6.42 Å². The minimum Gasteiger partial charge on any atom is -0.310 e. The highest BCUT2D eigenvalue weighted by Crippen LogP contribution is 2.25. The number of hydrogen-bond donors (Lipinski definition) is 1. The summed E-state index contributed by atoms with van der Waals surface area (Å²) in [4.78, 5) is 0. The SMILES string of the molecule is Cc1ccc2c(c1)N(N)CC2. The van der Waals surface area contributed by atoms with Crippen molar-refractivity contribution in [2.75, 3.05) is 11.6 Å². The molecule has 1 aliphatic rings. The van der Waals surface area contributed by atoms with Gasteiger partial charge in [-0.1, -0.05) is 12.1 Å². The lowest BCUT2D eigenvalue weighted by molar-refractivity contribution is 0.891. The van der Waals surface area contributed by atoms with Crippen LogP contribution in [0.2, 0.25) is 0 Å². The number of nitrogens with zero attached hydrogens (tertiary/aromatic N) is 1. The van der Waals surface area contributed by atoms with Crippen molar-refractivity contribution in [1.82, 2.24) is 0 Å². The number of anilines is 1. The number of fused-ring (bicyclic) bond motifs is 1. The standard InChI is InChI=1S/C9H12N2/c1-7-2-3-8-4-5-11(10)9(8)6-7/h2-3,6H,4-5,10H2,1H3. The van der Waals surface area contributed by atoms with E-state index in [-0.39, 0.29) is 0 Å². The van der Waals surface area contributed by atoms with Gasteiger partial charge in [0.05, 0.1) is 5.69 Å². The molecule has 0 radical (unpaired) electrons. The summed E-state index contributed by atoms with van der Waals surface area (Å²) in [5.41, 5.74) is 3.85. The van der Waals surface area contributed by atoms with E-state index in [1.807, 2.05) is 5.01 Å². The maximum absolute atomic E-state index is 5.75. The summed E-state index contributed by atoms with van der Waals surface area (Å²) in [5.74, 6) is 5.75. The fourth-order valence-electron chi connectivity index (χ4n) is 1.51. The Kier molecular flexibility index (Phi) is 1.36. The zero-order valence-corrected chi connectivity index (χ0v) is 6.67. The normalized spacial score (nSPS) is 15.3. The lowest BCUT2D eigenvalue weighted by Crippen LogP contribution is -2.28. The summed E-state index contributed by atoms with van der Waals surface area (Å²) in [6, 6.07) is 6.44. The van der Waals surface area contributed by atoms with E-state index in [2.05, 4.69) is 25.1 Å². The Morgan fingerprint density at radius 3 is 3.09 bits per heavy atom. The van der Waals surface area contributed by atoms with Crippen molar-refractivity contribution < 1.29 is 0 Å². The molecule has 2 N–H and O–H groups in total. The predicted molar refractivity (Wildman–Crippen MR) is 46.4 cm³/mol. The third kappa shape index (κ3) is 0.994. The molecule has 1 aromatic rings. The van der Waals surface area contributed by atoms with Crippen LogP contribution < -0.4 is 10.9 Å². The van der Waals surface area contributed by atoms with Crippen LogP contribution in [0, 0.1) is 6.92 Å². The highest BCUT2D eigenvalue weighted by molar-refractivity contribution is 5.58. The van der Waals surface area contributed by atoms with E-state index in [0.717, 1.165) is 13.0 Å². The molecular formula is C9H12N2. The van der Waals surface area contributed by atoms with Crippen LogP contribution >= 0.6 is 0 Å². The molecule has 0 spiro atoms. The zero-order valence-electron chi connectivity index (χ0n) is 6.67. The van der Waals surface area contributed by atoms with Crippen LogP contribution in [0.4, 0.5) is 5.69 Å². The number of hydrazine groups is 1. The molecule has 1 heterocycles. The van der Waals surface area contributed by atoms with Gasteiger partial charge in [0, 0.05) is 6.54 Å². The molecule has 0 saturated heterocycles. The van der Waals surface area contributed by atoms with Gasteiger partial charge >= 0.3 is 0 Å². The number of benzene rings is 1. The van der Waals surface area contributed by atoms with E-state index in [1.165, 1.54) is 16.8 Å². The first-order valence-electron chi connectivity index (χ1n) is 3.89. The number of nitrogens with two attached hydrogens (primary N) is 1. The Hall–Kier alpha value is -1.02. The first-order chi connectivity index (χ1) is 5.27. The Labute approximate surface area is 66.6 Å². The highest BCUT2D eigenvalue weighted by atomic mass is 15.4. The minimum absolute atomic E-state index is 0.957. The first-order valence-corrected chi connectivity index (χ1v) is 3.89. The molecule has 1 aromatic carbocycles. The van der Waals surface area contributed by atoms with Crippen LogP contribution in [-0.4, -0.2) is 6.54 Å². The molecule has 2 heteroatoms. The summed E-state index contributed by atoms with van der Waals surface area (Å²) >= 11 is 0. The quantitative estimate of drug-likeness (QED) is 0.561. The van der Waals surface area contributed by atoms with E-state index in [1.54, 1.807) is 0 Å². The predicted octanol–water partition coefficient (Wildman–Crippen LogP) is 1.23. The lowest BCUT2D eigenvalue weighted by atomic mass is 10.1. The van der Waals surface area contributed by atoms with Gasteiger partial charge in [-0.25, -0.2) is 5.84 Å². The average molecular weight is 148 g/mol. The van der Waals surface area contributed by atoms with E-state index < -0.39 is 0 Å². The molecule has 0 aliphatic carbocycles. The second-order valence-corrected chi connectivity index (χ2v) is 3.08. The molecule has 11 heavy (non-hydrogen) atoms. The van der Waals surface area contributed by atoms with Crippen molar-refractivity contribution in [3.05, 3.63) is 29.3 Å². The molecule has 0 atom stereocenters. The highest BCUT2D eigenvalue weighted by Gasteiger charge is 2.14. The third-order valence-electron chi connectivity index (χ3n) is 2.17. The molecule has 0 fully saturated rings. The van der Waals surface area contributed by atoms with Crippen LogP contribution in [0.15, 0.2) is 18.2 Å². The summed E-state index contributed by atoms with van der Waals surface area (Å²) in [5, 5.41) is 1.82. The second kappa shape index (κ2) is 2.24. The fourth-order valence-corrected chi connectivity index (χ4v) is 1.51. The van der Waals surface area contributed by atoms with Crippen molar-refractivity contribution in [2.45, 2.75) is 13.3 Å². The monoisotopic (exact) mass is 148 g/mol. The molecule has 1 aliphatic heterocycles. The maximum Gasteiger partial charge on any atom is 0.0552 e. The van der Waals surface area contributed by atoms with Crippen molar-refractivity contribution in [2.24, 2.45) is 5.84 Å². The molecule has 0 aromatic heterocycles. The second-order valence-electron chi connectivity index (χ2n) is 3.08. The van der Waals surface area contributed by atoms with Crippen LogP contribution in [0.5, 0.6) is 0 Å². The van der Waals surface area contributed by atoms with Crippen LogP contribution in [0.3, 0.4) is 0 Å². The molecule has 2 nitrogen and oxygen atoms in total. The Bertz CT molecular complexity index is 281. The zero-order chi connectivity index (χ0) is 7.84. The Morgan fingerprint density at radius 1 is 1.45 bits per heavy atom. The largest absolute Gasteiger partial charge is 0.310 e. The van der Waals surface area contributed by atoms with Gasteiger partial charge in [-0.15, -0.1) is 0 Å². The molecule has 0 unspecified atom stereocenters. The summed E-state index contributed by atoms with van der Waals surface area (Å²) in [6.07, 6.45) is 1.09. The number of hydrogen-bond acceptors (Lipinski definition) is 2. The first kappa shape index (κ1) is 6.68. The van der Waals surface area contributed by atoms with Crippen molar-refractivity contribution in [1.29, 1.82) is 0 Å². The van der Waals surface area contributed by atoms with Gasteiger partial charge < -0.3 is 5.01 Å². The lowest BCUT2D eigenvalue weighted by Gasteiger charge is -2.11. The Morgan fingerprint density at radius 2 is 2.27 bits per heavy atom. The average Bonchev–Trinajstić information content (AvgIpc) is 2.33. The van der Waals surface area contributed by atoms with Gasteiger partial charge in [-0.3, -0.25) is 0 Å². The summed E-state index contributed by atoms with van der Waals surface area (Å²) < 4.78 is 0. The van der Waals surface area contributed by atoms with Gasteiger partial charge in [0.1, 0.15) is 0 Å². The molecular weight excluding hydrogens is 136 g/mol.